The molecule has 1 nitrogen and oxygen atoms in total. The number of benzene rings is 6. The third-order valence-corrected chi connectivity index (χ3v) is 7.21. The summed E-state index contributed by atoms with van der Waals surface area (Å²) in [7, 11) is 0. The van der Waals surface area contributed by atoms with Gasteiger partial charge in [0.25, 0.3) is 0 Å². The zero-order valence-corrected chi connectivity index (χ0v) is 19.6. The first kappa shape index (κ1) is 21.7. The molecule has 6 aromatic carbocycles. The van der Waals surface area contributed by atoms with Crippen molar-refractivity contribution in [2.45, 2.75) is 6.18 Å². The third kappa shape index (κ3) is 3.26. The van der Waals surface area contributed by atoms with Crippen LogP contribution in [0.15, 0.2) is 121 Å². The van der Waals surface area contributed by atoms with Crippen LogP contribution < -0.4 is 0 Å². The van der Waals surface area contributed by atoms with Gasteiger partial charge in [0, 0.05) is 16.5 Å². The fourth-order valence-electron chi connectivity index (χ4n) is 5.72. The molecule has 0 atom stereocenters. The predicted molar refractivity (Wildman–Crippen MR) is 146 cm³/mol. The highest BCUT2D eigenvalue weighted by Crippen LogP contribution is 2.45. The second kappa shape index (κ2) is 7.97. The highest BCUT2D eigenvalue weighted by molar-refractivity contribution is 6.15. The van der Waals surface area contributed by atoms with Crippen LogP contribution in [0, 0.1) is 0 Å². The van der Waals surface area contributed by atoms with Crippen LogP contribution in [-0.2, 0) is 6.18 Å². The van der Waals surface area contributed by atoms with Crippen LogP contribution in [-0.4, -0.2) is 4.57 Å². The van der Waals surface area contributed by atoms with Gasteiger partial charge in [0.1, 0.15) is 0 Å². The van der Waals surface area contributed by atoms with Gasteiger partial charge in [0.05, 0.1) is 16.6 Å². The largest absolute Gasteiger partial charge is 0.417 e. The summed E-state index contributed by atoms with van der Waals surface area (Å²) in [6.45, 7) is 0. The number of para-hydroxylation sites is 2. The number of fused-ring (bicyclic) bond motifs is 5. The SMILES string of the molecule is FC(F)(F)c1c2ccccc2c(-c2ccc(-n3c4ccccc4c4ccccc43)cc2)c2ccccc12. The number of aromatic nitrogens is 1. The molecule has 0 bridgehead atoms. The van der Waals surface area contributed by atoms with E-state index < -0.39 is 11.7 Å². The number of rotatable bonds is 2. The number of hydrogen-bond donors (Lipinski definition) is 0. The van der Waals surface area contributed by atoms with Crippen molar-refractivity contribution < 1.29 is 13.2 Å². The maximum absolute atomic E-state index is 14.2. The van der Waals surface area contributed by atoms with Gasteiger partial charge in [0.2, 0.25) is 0 Å². The molecular weight excluding hydrogens is 467 g/mol. The summed E-state index contributed by atoms with van der Waals surface area (Å²) < 4.78 is 45.0. The summed E-state index contributed by atoms with van der Waals surface area (Å²) in [4.78, 5) is 0. The summed E-state index contributed by atoms with van der Waals surface area (Å²) >= 11 is 0. The van der Waals surface area contributed by atoms with Crippen molar-refractivity contribution in [2.24, 2.45) is 0 Å². The Morgan fingerprint density at radius 3 is 1.30 bits per heavy atom. The molecule has 1 heterocycles. The lowest BCUT2D eigenvalue weighted by Gasteiger charge is -2.19. The lowest BCUT2D eigenvalue weighted by atomic mass is 9.88. The van der Waals surface area contributed by atoms with Crippen molar-refractivity contribution in [3.63, 3.8) is 0 Å². The second-order valence-electron chi connectivity index (χ2n) is 9.26. The molecule has 0 saturated carbocycles. The molecule has 0 spiro atoms. The molecule has 0 unspecified atom stereocenters. The zero-order chi connectivity index (χ0) is 25.1. The van der Waals surface area contributed by atoms with Crippen LogP contribution >= 0.6 is 0 Å². The van der Waals surface area contributed by atoms with E-state index >= 15 is 0 Å². The molecule has 0 radical (unpaired) electrons. The van der Waals surface area contributed by atoms with Crippen molar-refractivity contribution in [2.75, 3.05) is 0 Å². The van der Waals surface area contributed by atoms with Gasteiger partial charge in [0.15, 0.2) is 0 Å². The summed E-state index contributed by atoms with van der Waals surface area (Å²) in [5, 5.41) is 3.99. The second-order valence-corrected chi connectivity index (χ2v) is 9.26. The van der Waals surface area contributed by atoms with Gasteiger partial charge >= 0.3 is 6.18 Å². The molecule has 0 N–H and O–H groups in total. The van der Waals surface area contributed by atoms with Crippen LogP contribution in [0.2, 0.25) is 0 Å². The Morgan fingerprint density at radius 2 is 0.838 bits per heavy atom. The average Bonchev–Trinajstić information content (AvgIpc) is 3.25. The molecule has 4 heteroatoms. The highest BCUT2D eigenvalue weighted by atomic mass is 19.4. The van der Waals surface area contributed by atoms with E-state index in [0.717, 1.165) is 27.8 Å². The van der Waals surface area contributed by atoms with Gasteiger partial charge in [-0.3, -0.25) is 0 Å². The predicted octanol–water partition coefficient (Wildman–Crippen LogP) is 9.78. The van der Waals surface area contributed by atoms with Gasteiger partial charge < -0.3 is 4.57 Å². The van der Waals surface area contributed by atoms with Gasteiger partial charge in [-0.25, -0.2) is 0 Å². The minimum absolute atomic E-state index is 0.218. The van der Waals surface area contributed by atoms with Crippen LogP contribution in [0.3, 0.4) is 0 Å². The molecule has 0 aliphatic heterocycles. The Kier molecular flexibility index (Phi) is 4.67. The fourth-order valence-corrected chi connectivity index (χ4v) is 5.72. The standard InChI is InChI=1S/C33H20F3N/c34-33(35,36)32-27-13-3-1-11-25(27)31(26-12-2-4-14-28(26)32)21-17-19-22(20-18-21)37-29-15-7-5-9-23(29)24-10-6-8-16-30(24)37/h1-20H. The van der Waals surface area contributed by atoms with Crippen molar-refractivity contribution >= 4 is 43.4 Å². The summed E-state index contributed by atoms with van der Waals surface area (Å²) in [5.41, 5.74) is 4.34. The Labute approximate surface area is 211 Å². The van der Waals surface area contributed by atoms with Crippen LogP contribution in [0.1, 0.15) is 5.56 Å². The van der Waals surface area contributed by atoms with E-state index in [-0.39, 0.29) is 10.8 Å². The fraction of sp³-hybridized carbons (Fsp3) is 0.0303. The molecule has 0 saturated heterocycles. The smallest absolute Gasteiger partial charge is 0.309 e. The topological polar surface area (TPSA) is 4.93 Å². The van der Waals surface area contributed by atoms with Crippen molar-refractivity contribution in [1.82, 2.24) is 4.57 Å². The molecule has 7 aromatic rings. The van der Waals surface area contributed by atoms with Crippen LogP contribution in [0.5, 0.6) is 0 Å². The highest BCUT2D eigenvalue weighted by Gasteiger charge is 2.35. The minimum Gasteiger partial charge on any atom is -0.309 e. The Hall–Kier alpha value is -4.57. The first-order valence-electron chi connectivity index (χ1n) is 12.1. The molecule has 178 valence electrons. The van der Waals surface area contributed by atoms with Crippen molar-refractivity contribution in [1.29, 1.82) is 0 Å². The Bertz CT molecular complexity index is 1850. The Balaban J connectivity index is 1.49. The summed E-state index contributed by atoms with van der Waals surface area (Å²) in [5.74, 6) is 0. The zero-order valence-electron chi connectivity index (χ0n) is 19.6. The van der Waals surface area contributed by atoms with E-state index in [1.54, 1.807) is 48.5 Å². The molecule has 7 rings (SSSR count). The number of nitrogens with zero attached hydrogens (tertiary/aromatic N) is 1. The summed E-state index contributed by atoms with van der Waals surface area (Å²) in [6.07, 6.45) is -4.46. The van der Waals surface area contributed by atoms with E-state index in [2.05, 4.69) is 41.0 Å². The molecular formula is C33H20F3N. The number of halogens is 3. The lowest BCUT2D eigenvalue weighted by Crippen LogP contribution is -2.07. The van der Waals surface area contributed by atoms with E-state index in [1.165, 1.54) is 10.8 Å². The molecule has 0 aliphatic rings. The minimum atomic E-state index is -4.46. The molecule has 37 heavy (non-hydrogen) atoms. The molecule has 0 amide bonds. The van der Waals surface area contributed by atoms with Crippen molar-refractivity contribution in [3.05, 3.63) is 127 Å². The monoisotopic (exact) mass is 487 g/mol. The molecule has 0 aliphatic carbocycles. The average molecular weight is 488 g/mol. The molecule has 1 aromatic heterocycles. The quantitative estimate of drug-likeness (QED) is 0.214. The normalized spacial score (nSPS) is 12.2. The van der Waals surface area contributed by atoms with Gasteiger partial charge in [-0.2, -0.15) is 13.2 Å². The maximum atomic E-state index is 14.2. The third-order valence-electron chi connectivity index (χ3n) is 7.21. The van der Waals surface area contributed by atoms with Crippen molar-refractivity contribution in [3.8, 4) is 16.8 Å². The van der Waals surface area contributed by atoms with E-state index in [0.29, 0.717) is 10.8 Å². The van der Waals surface area contributed by atoms with E-state index in [4.69, 9.17) is 0 Å². The number of hydrogen-bond acceptors (Lipinski definition) is 0. The first-order chi connectivity index (χ1) is 18.0. The van der Waals surface area contributed by atoms with Gasteiger partial charge in [-0.1, -0.05) is 97.1 Å². The first-order valence-corrected chi connectivity index (χ1v) is 12.1. The Morgan fingerprint density at radius 1 is 0.432 bits per heavy atom. The van der Waals surface area contributed by atoms with Gasteiger partial charge in [-0.15, -0.1) is 0 Å². The van der Waals surface area contributed by atoms with Crippen LogP contribution in [0.4, 0.5) is 13.2 Å². The van der Waals surface area contributed by atoms with Gasteiger partial charge in [-0.05, 0) is 56.9 Å². The van der Waals surface area contributed by atoms with E-state index in [1.807, 2.05) is 36.4 Å². The number of alkyl halides is 3. The molecule has 0 fully saturated rings. The lowest BCUT2D eigenvalue weighted by molar-refractivity contribution is -0.135. The van der Waals surface area contributed by atoms with E-state index in [9.17, 15) is 13.2 Å². The summed E-state index contributed by atoms with van der Waals surface area (Å²) in [6, 6.07) is 38.4. The van der Waals surface area contributed by atoms with Crippen LogP contribution in [0.25, 0.3) is 60.2 Å². The maximum Gasteiger partial charge on any atom is 0.417 e.